The summed E-state index contributed by atoms with van der Waals surface area (Å²) in [5.41, 5.74) is 0.0519. The molecule has 0 atom stereocenters. The molecule has 76 valence electrons. The van der Waals surface area contributed by atoms with Crippen molar-refractivity contribution in [3.8, 4) is 0 Å². The third kappa shape index (κ3) is 1.79. The average molecular weight is 334 g/mol. The van der Waals surface area contributed by atoms with Crippen LogP contribution in [0.25, 0.3) is 10.8 Å². The van der Waals surface area contributed by atoms with Gasteiger partial charge in [-0.25, -0.2) is 0 Å². The Labute approximate surface area is 104 Å². The molecular formula is C10H5ClINO2. The van der Waals surface area contributed by atoms with E-state index in [1.165, 1.54) is 6.07 Å². The first-order valence-electron chi connectivity index (χ1n) is 4.12. The SMILES string of the molecule is O=[N+]([O-])c1cc(Cl)c(I)c2ccccc12. The number of halogens is 2. The smallest absolute Gasteiger partial charge is 0.258 e. The van der Waals surface area contributed by atoms with Crippen molar-refractivity contribution in [3.05, 3.63) is 49.0 Å². The third-order valence-corrected chi connectivity index (χ3v) is 3.89. The van der Waals surface area contributed by atoms with Crippen LogP contribution in [-0.4, -0.2) is 4.92 Å². The van der Waals surface area contributed by atoms with Gasteiger partial charge in [-0.15, -0.1) is 0 Å². The largest absolute Gasteiger partial charge is 0.278 e. The van der Waals surface area contributed by atoms with Crippen LogP contribution >= 0.6 is 34.2 Å². The molecule has 0 radical (unpaired) electrons. The van der Waals surface area contributed by atoms with Gasteiger partial charge in [-0.05, 0) is 28.7 Å². The maximum atomic E-state index is 10.8. The molecule has 0 bridgehead atoms. The Hall–Kier alpha value is -0.880. The molecule has 0 N–H and O–H groups in total. The molecule has 5 heteroatoms. The van der Waals surface area contributed by atoms with Crippen molar-refractivity contribution in [2.45, 2.75) is 0 Å². The molecule has 0 saturated heterocycles. The second-order valence-corrected chi connectivity index (χ2v) is 4.48. The lowest BCUT2D eigenvalue weighted by atomic mass is 10.1. The van der Waals surface area contributed by atoms with E-state index in [9.17, 15) is 10.1 Å². The summed E-state index contributed by atoms with van der Waals surface area (Å²) in [6.45, 7) is 0. The van der Waals surface area contributed by atoms with Crippen molar-refractivity contribution < 1.29 is 4.92 Å². The van der Waals surface area contributed by atoms with Gasteiger partial charge in [0.25, 0.3) is 5.69 Å². The van der Waals surface area contributed by atoms with Gasteiger partial charge >= 0.3 is 0 Å². The number of hydrogen-bond donors (Lipinski definition) is 0. The summed E-state index contributed by atoms with van der Waals surface area (Å²) in [4.78, 5) is 10.4. The molecule has 0 aliphatic heterocycles. The van der Waals surface area contributed by atoms with Gasteiger partial charge in [0.1, 0.15) is 0 Å². The normalized spacial score (nSPS) is 10.5. The molecular weight excluding hydrogens is 328 g/mol. The van der Waals surface area contributed by atoms with Crippen molar-refractivity contribution in [2.24, 2.45) is 0 Å². The van der Waals surface area contributed by atoms with Crippen LogP contribution in [0.15, 0.2) is 30.3 Å². The second-order valence-electron chi connectivity index (χ2n) is 2.99. The first kappa shape index (κ1) is 10.6. The maximum absolute atomic E-state index is 10.8. The zero-order valence-electron chi connectivity index (χ0n) is 7.41. The van der Waals surface area contributed by atoms with Gasteiger partial charge in [0.05, 0.1) is 15.3 Å². The molecule has 0 unspecified atom stereocenters. The minimum absolute atomic E-state index is 0.0519. The van der Waals surface area contributed by atoms with E-state index < -0.39 is 4.92 Å². The first-order valence-corrected chi connectivity index (χ1v) is 5.58. The average Bonchev–Trinajstić information content (AvgIpc) is 2.23. The van der Waals surface area contributed by atoms with Gasteiger partial charge in [0, 0.05) is 15.0 Å². The van der Waals surface area contributed by atoms with Crippen LogP contribution in [0.4, 0.5) is 5.69 Å². The molecule has 0 aromatic heterocycles. The number of nitro groups is 1. The fourth-order valence-electron chi connectivity index (χ4n) is 1.44. The Balaban J connectivity index is 2.94. The van der Waals surface area contributed by atoms with Crippen molar-refractivity contribution >= 4 is 50.7 Å². The summed E-state index contributed by atoms with van der Waals surface area (Å²) >= 11 is 8.01. The maximum Gasteiger partial charge on any atom is 0.278 e. The summed E-state index contributed by atoms with van der Waals surface area (Å²) in [5.74, 6) is 0. The lowest BCUT2D eigenvalue weighted by Crippen LogP contribution is -1.91. The Morgan fingerprint density at radius 1 is 1.27 bits per heavy atom. The van der Waals surface area contributed by atoms with E-state index in [1.807, 2.05) is 12.1 Å². The van der Waals surface area contributed by atoms with Crippen LogP contribution in [0.5, 0.6) is 0 Å². The molecule has 2 aromatic carbocycles. The highest BCUT2D eigenvalue weighted by Gasteiger charge is 2.15. The number of nitro benzene ring substituents is 1. The van der Waals surface area contributed by atoms with Gasteiger partial charge in [0.15, 0.2) is 0 Å². The summed E-state index contributed by atoms with van der Waals surface area (Å²) < 4.78 is 0.843. The number of nitrogens with zero attached hydrogens (tertiary/aromatic N) is 1. The minimum atomic E-state index is -0.412. The number of non-ortho nitro benzene ring substituents is 1. The molecule has 0 fully saturated rings. The highest BCUT2D eigenvalue weighted by molar-refractivity contribution is 14.1. The highest BCUT2D eigenvalue weighted by atomic mass is 127. The Kier molecular flexibility index (Phi) is 2.79. The third-order valence-electron chi connectivity index (χ3n) is 2.11. The van der Waals surface area contributed by atoms with Crippen LogP contribution in [0.1, 0.15) is 0 Å². The molecule has 2 aromatic rings. The van der Waals surface area contributed by atoms with Gasteiger partial charge in [0.2, 0.25) is 0 Å². The van der Waals surface area contributed by atoms with Crippen molar-refractivity contribution in [1.29, 1.82) is 0 Å². The van der Waals surface area contributed by atoms with E-state index in [0.717, 1.165) is 8.96 Å². The standard InChI is InChI=1S/C10H5ClINO2/c11-8-5-9(13(14)15)6-3-1-2-4-7(6)10(8)12/h1-5H. The van der Waals surface area contributed by atoms with Crippen LogP contribution in [0, 0.1) is 13.7 Å². The van der Waals surface area contributed by atoms with Gasteiger partial charge < -0.3 is 0 Å². The summed E-state index contributed by atoms with van der Waals surface area (Å²) in [6, 6.07) is 8.57. The molecule has 2 rings (SSSR count). The van der Waals surface area contributed by atoms with Crippen molar-refractivity contribution in [2.75, 3.05) is 0 Å². The van der Waals surface area contributed by atoms with E-state index in [2.05, 4.69) is 22.6 Å². The molecule has 0 heterocycles. The molecule has 0 aliphatic rings. The highest BCUT2D eigenvalue weighted by Crippen LogP contribution is 2.34. The van der Waals surface area contributed by atoms with Crippen molar-refractivity contribution in [3.63, 3.8) is 0 Å². The quantitative estimate of drug-likeness (QED) is 0.450. The summed E-state index contributed by atoms with van der Waals surface area (Å²) in [7, 11) is 0. The molecule has 15 heavy (non-hydrogen) atoms. The lowest BCUT2D eigenvalue weighted by molar-refractivity contribution is -0.383. The van der Waals surface area contributed by atoms with E-state index in [0.29, 0.717) is 10.4 Å². The predicted molar refractivity (Wildman–Crippen MR) is 68.3 cm³/mol. The van der Waals surface area contributed by atoms with Crippen LogP contribution in [0.3, 0.4) is 0 Å². The van der Waals surface area contributed by atoms with Gasteiger partial charge in [-0.3, -0.25) is 10.1 Å². The van der Waals surface area contributed by atoms with Gasteiger partial charge in [-0.2, -0.15) is 0 Å². The zero-order chi connectivity index (χ0) is 11.0. The number of fused-ring (bicyclic) bond motifs is 1. The second kappa shape index (κ2) is 3.94. The first-order chi connectivity index (χ1) is 7.11. The Morgan fingerprint density at radius 3 is 2.47 bits per heavy atom. The van der Waals surface area contributed by atoms with Gasteiger partial charge in [-0.1, -0.05) is 29.8 Å². The van der Waals surface area contributed by atoms with E-state index in [4.69, 9.17) is 11.6 Å². The molecule has 0 spiro atoms. The topological polar surface area (TPSA) is 43.1 Å². The molecule has 0 aliphatic carbocycles. The van der Waals surface area contributed by atoms with E-state index in [-0.39, 0.29) is 5.69 Å². The Morgan fingerprint density at radius 2 is 1.87 bits per heavy atom. The van der Waals surface area contributed by atoms with Crippen molar-refractivity contribution in [1.82, 2.24) is 0 Å². The molecule has 0 amide bonds. The lowest BCUT2D eigenvalue weighted by Gasteiger charge is -2.03. The van der Waals surface area contributed by atoms with Crippen LogP contribution < -0.4 is 0 Å². The number of hydrogen-bond acceptors (Lipinski definition) is 2. The fourth-order valence-corrected chi connectivity index (χ4v) is 2.27. The zero-order valence-corrected chi connectivity index (χ0v) is 10.3. The monoisotopic (exact) mass is 333 g/mol. The number of rotatable bonds is 1. The molecule has 0 saturated carbocycles. The van der Waals surface area contributed by atoms with E-state index in [1.54, 1.807) is 12.1 Å². The predicted octanol–water partition coefficient (Wildman–Crippen LogP) is 4.01. The van der Waals surface area contributed by atoms with Crippen LogP contribution in [-0.2, 0) is 0 Å². The fraction of sp³-hybridized carbons (Fsp3) is 0. The summed E-state index contributed by atoms with van der Waals surface area (Å²) in [5, 5.41) is 12.7. The Bertz CT molecular complexity index is 556. The summed E-state index contributed by atoms with van der Waals surface area (Å²) in [6.07, 6.45) is 0. The number of benzene rings is 2. The van der Waals surface area contributed by atoms with E-state index >= 15 is 0 Å². The van der Waals surface area contributed by atoms with Crippen LogP contribution in [0.2, 0.25) is 5.02 Å². The minimum Gasteiger partial charge on any atom is -0.258 e. The molecule has 3 nitrogen and oxygen atoms in total.